The molecule has 1 atom stereocenters. The first-order valence-electron chi connectivity index (χ1n) is 12.1. The molecule has 7 nitrogen and oxygen atoms in total. The topological polar surface area (TPSA) is 86.8 Å². The first kappa shape index (κ1) is 28.8. The summed E-state index contributed by atoms with van der Waals surface area (Å²) in [6.07, 6.45) is 0. The quantitative estimate of drug-likeness (QED) is 0.390. The fourth-order valence-electron chi connectivity index (χ4n) is 3.73. The SMILES string of the molecule is CC(C)CNC(=O)[C@@H](C)N(Cc1ccccc1F)C(=O)CN(c1ccccc1F)S(=O)(=O)c1ccccc1. The highest BCUT2D eigenvalue weighted by molar-refractivity contribution is 7.92. The van der Waals surface area contributed by atoms with Crippen molar-refractivity contribution in [3.63, 3.8) is 0 Å². The summed E-state index contributed by atoms with van der Waals surface area (Å²) in [4.78, 5) is 27.6. The molecule has 3 aromatic rings. The highest BCUT2D eigenvalue weighted by Gasteiger charge is 2.33. The molecular weight excluding hydrogens is 512 g/mol. The lowest BCUT2D eigenvalue weighted by molar-refractivity contribution is -0.139. The molecule has 0 aliphatic rings. The van der Waals surface area contributed by atoms with Crippen molar-refractivity contribution in [2.45, 2.75) is 38.3 Å². The second kappa shape index (κ2) is 12.6. The number of anilines is 1. The number of benzene rings is 3. The molecule has 0 aromatic heterocycles. The van der Waals surface area contributed by atoms with Gasteiger partial charge in [0, 0.05) is 18.7 Å². The molecule has 3 aromatic carbocycles. The Bertz CT molecular complexity index is 1370. The Morgan fingerprint density at radius 2 is 1.42 bits per heavy atom. The number of halogens is 2. The molecule has 0 fully saturated rings. The Morgan fingerprint density at radius 1 is 0.842 bits per heavy atom. The minimum atomic E-state index is -4.38. The number of hydrogen-bond acceptors (Lipinski definition) is 4. The summed E-state index contributed by atoms with van der Waals surface area (Å²) in [6, 6.07) is 17.3. The molecule has 202 valence electrons. The summed E-state index contributed by atoms with van der Waals surface area (Å²) in [5.74, 6) is -2.56. The van der Waals surface area contributed by atoms with Crippen LogP contribution < -0.4 is 9.62 Å². The van der Waals surface area contributed by atoms with E-state index in [0.717, 1.165) is 11.0 Å². The molecule has 2 amide bonds. The molecule has 0 unspecified atom stereocenters. The van der Waals surface area contributed by atoms with E-state index in [2.05, 4.69) is 5.32 Å². The average molecular weight is 544 g/mol. The lowest BCUT2D eigenvalue weighted by atomic mass is 10.1. The number of nitrogens with one attached hydrogen (secondary N) is 1. The number of para-hydroxylation sites is 1. The predicted octanol–water partition coefficient (Wildman–Crippen LogP) is 4.35. The third kappa shape index (κ3) is 6.95. The molecule has 10 heteroatoms. The first-order chi connectivity index (χ1) is 18.0. The Kier molecular flexibility index (Phi) is 9.57. The molecule has 0 aliphatic carbocycles. The van der Waals surface area contributed by atoms with Gasteiger partial charge in [-0.15, -0.1) is 0 Å². The second-order valence-electron chi connectivity index (χ2n) is 9.20. The number of hydrogen-bond donors (Lipinski definition) is 1. The van der Waals surface area contributed by atoms with Crippen molar-refractivity contribution in [2.24, 2.45) is 5.92 Å². The Morgan fingerprint density at radius 3 is 2.03 bits per heavy atom. The van der Waals surface area contributed by atoms with Crippen LogP contribution in [0.1, 0.15) is 26.3 Å². The largest absolute Gasteiger partial charge is 0.354 e. The minimum Gasteiger partial charge on any atom is -0.354 e. The maximum atomic E-state index is 14.9. The van der Waals surface area contributed by atoms with Crippen LogP contribution in [0.5, 0.6) is 0 Å². The first-order valence-corrected chi connectivity index (χ1v) is 13.6. The smallest absolute Gasteiger partial charge is 0.264 e. The summed E-state index contributed by atoms with van der Waals surface area (Å²) in [7, 11) is -4.38. The summed E-state index contributed by atoms with van der Waals surface area (Å²) in [6.45, 7) is 4.55. The van der Waals surface area contributed by atoms with Crippen molar-refractivity contribution >= 4 is 27.5 Å². The van der Waals surface area contributed by atoms with Crippen LogP contribution in [0.25, 0.3) is 0 Å². The van der Waals surface area contributed by atoms with Gasteiger partial charge in [0.15, 0.2) is 0 Å². The Balaban J connectivity index is 2.02. The molecule has 0 saturated heterocycles. The summed E-state index contributed by atoms with van der Waals surface area (Å²) >= 11 is 0. The van der Waals surface area contributed by atoms with Crippen LogP contribution in [0, 0.1) is 17.6 Å². The van der Waals surface area contributed by atoms with Gasteiger partial charge in [-0.2, -0.15) is 0 Å². The zero-order valence-electron chi connectivity index (χ0n) is 21.5. The van der Waals surface area contributed by atoms with Crippen molar-refractivity contribution in [3.8, 4) is 0 Å². The van der Waals surface area contributed by atoms with Crippen LogP contribution in [0.4, 0.5) is 14.5 Å². The van der Waals surface area contributed by atoms with Gasteiger partial charge in [-0.05, 0) is 43.2 Å². The lowest BCUT2D eigenvalue weighted by Gasteiger charge is -2.32. The fourth-order valence-corrected chi connectivity index (χ4v) is 5.18. The van der Waals surface area contributed by atoms with Gasteiger partial charge >= 0.3 is 0 Å². The van der Waals surface area contributed by atoms with E-state index in [9.17, 15) is 26.8 Å². The van der Waals surface area contributed by atoms with E-state index < -0.39 is 46.1 Å². The standard InChI is InChI=1S/C28H31F2N3O4S/c1-20(2)17-31-28(35)21(3)32(18-22-11-7-8-14-24(22)29)27(34)19-33(26-16-10-9-15-25(26)30)38(36,37)23-12-5-4-6-13-23/h4-16,20-21H,17-19H2,1-3H3,(H,31,35)/t21-/m1/s1. The summed E-state index contributed by atoms with van der Waals surface area (Å²) < 4.78 is 57.2. The van der Waals surface area contributed by atoms with E-state index in [4.69, 9.17) is 0 Å². The zero-order valence-corrected chi connectivity index (χ0v) is 22.3. The number of carbonyl (C=O) groups excluding carboxylic acids is 2. The third-order valence-corrected chi connectivity index (χ3v) is 7.66. The highest BCUT2D eigenvalue weighted by Crippen LogP contribution is 2.27. The summed E-state index contributed by atoms with van der Waals surface area (Å²) in [5, 5.41) is 2.75. The second-order valence-corrected chi connectivity index (χ2v) is 11.1. The number of sulfonamides is 1. The molecule has 3 rings (SSSR count). The van der Waals surface area contributed by atoms with E-state index in [1.165, 1.54) is 67.6 Å². The van der Waals surface area contributed by atoms with Crippen LogP contribution in [-0.4, -0.2) is 44.3 Å². The van der Waals surface area contributed by atoms with E-state index >= 15 is 0 Å². The highest BCUT2D eigenvalue weighted by atomic mass is 32.2. The van der Waals surface area contributed by atoms with Gasteiger partial charge < -0.3 is 10.2 Å². The monoisotopic (exact) mass is 543 g/mol. The minimum absolute atomic E-state index is 0.139. The summed E-state index contributed by atoms with van der Waals surface area (Å²) in [5.41, 5.74) is -0.180. The van der Waals surface area contributed by atoms with Gasteiger partial charge in [-0.25, -0.2) is 17.2 Å². The van der Waals surface area contributed by atoms with Crippen LogP contribution in [-0.2, 0) is 26.2 Å². The van der Waals surface area contributed by atoms with Gasteiger partial charge in [0.05, 0.1) is 10.6 Å². The van der Waals surface area contributed by atoms with E-state index in [-0.39, 0.29) is 28.6 Å². The molecule has 0 aliphatic heterocycles. The number of nitrogens with zero attached hydrogens (tertiary/aromatic N) is 2. The van der Waals surface area contributed by atoms with Crippen molar-refractivity contribution in [3.05, 3.63) is 96.1 Å². The van der Waals surface area contributed by atoms with Crippen LogP contribution in [0.2, 0.25) is 0 Å². The molecule has 1 N–H and O–H groups in total. The van der Waals surface area contributed by atoms with E-state index in [0.29, 0.717) is 10.8 Å². The average Bonchev–Trinajstić information content (AvgIpc) is 2.90. The Hall–Kier alpha value is -3.79. The van der Waals surface area contributed by atoms with Crippen molar-refractivity contribution in [1.82, 2.24) is 10.2 Å². The molecule has 0 heterocycles. The molecule has 38 heavy (non-hydrogen) atoms. The predicted molar refractivity (Wildman–Crippen MR) is 142 cm³/mol. The van der Waals surface area contributed by atoms with Crippen molar-refractivity contribution in [1.29, 1.82) is 0 Å². The molecule has 0 spiro atoms. The van der Waals surface area contributed by atoms with Crippen LogP contribution >= 0.6 is 0 Å². The van der Waals surface area contributed by atoms with Crippen LogP contribution in [0.15, 0.2) is 83.8 Å². The van der Waals surface area contributed by atoms with Crippen molar-refractivity contribution in [2.75, 3.05) is 17.4 Å². The molecule has 0 radical (unpaired) electrons. The molecule has 0 saturated carbocycles. The van der Waals surface area contributed by atoms with Gasteiger partial charge in [-0.3, -0.25) is 13.9 Å². The normalized spacial score (nSPS) is 12.2. The zero-order chi connectivity index (χ0) is 27.9. The van der Waals surface area contributed by atoms with Gasteiger partial charge in [-0.1, -0.05) is 62.4 Å². The lowest BCUT2D eigenvalue weighted by Crippen LogP contribution is -2.51. The molecular formula is C28H31F2N3O4S. The number of amides is 2. The van der Waals surface area contributed by atoms with Gasteiger partial charge in [0.1, 0.15) is 24.2 Å². The fraction of sp³-hybridized carbons (Fsp3) is 0.286. The number of rotatable bonds is 11. The van der Waals surface area contributed by atoms with Crippen LogP contribution in [0.3, 0.4) is 0 Å². The molecule has 0 bridgehead atoms. The van der Waals surface area contributed by atoms with Crippen molar-refractivity contribution < 1.29 is 26.8 Å². The van der Waals surface area contributed by atoms with Gasteiger partial charge in [0.25, 0.3) is 10.0 Å². The maximum absolute atomic E-state index is 14.9. The van der Waals surface area contributed by atoms with E-state index in [1.807, 2.05) is 13.8 Å². The number of carbonyl (C=O) groups is 2. The third-order valence-electron chi connectivity index (χ3n) is 5.88. The Labute approximate surface area is 222 Å². The van der Waals surface area contributed by atoms with Gasteiger partial charge in [0.2, 0.25) is 11.8 Å². The van der Waals surface area contributed by atoms with E-state index in [1.54, 1.807) is 12.1 Å². The maximum Gasteiger partial charge on any atom is 0.264 e.